The van der Waals surface area contributed by atoms with Gasteiger partial charge < -0.3 is 24.8 Å². The van der Waals surface area contributed by atoms with E-state index in [4.69, 9.17) is 0 Å². The second-order valence-electron chi connectivity index (χ2n) is 17.7. The van der Waals surface area contributed by atoms with E-state index in [9.17, 15) is 26.3 Å². The fourth-order valence-corrected chi connectivity index (χ4v) is 7.12. The summed E-state index contributed by atoms with van der Waals surface area (Å²) in [6, 6.07) is 31.1. The van der Waals surface area contributed by atoms with E-state index in [-0.39, 0.29) is 35.6 Å². The SMILES string of the molecule is CC(C)(C)c1c[c-]c2c(c1)-c1cc(C(C)(C)C)ccc1C2.CCCCc1cc(C(C)(C)C)c[cH-]1.FC(F)(F)c1ccc([C](=[Zr+2])c2ccc(C(F)(F)F)cc2)cc1.[Cl-].[Cl-]. The fraction of sp³-hybridized carbons (Fsp3) is 0.388. The van der Waals surface area contributed by atoms with Gasteiger partial charge in [-0.15, -0.1) is 5.56 Å². The summed E-state index contributed by atoms with van der Waals surface area (Å²) in [4.78, 5) is 0. The molecule has 1 aliphatic rings. The summed E-state index contributed by atoms with van der Waals surface area (Å²) in [7, 11) is 0. The minimum atomic E-state index is -4.41. The minimum absolute atomic E-state index is 0. The molecule has 5 aromatic carbocycles. The molecule has 0 radical (unpaired) electrons. The Labute approximate surface area is 369 Å². The molecule has 0 heterocycles. The van der Waals surface area contributed by atoms with Crippen molar-refractivity contribution in [1.29, 1.82) is 0 Å². The van der Waals surface area contributed by atoms with Crippen molar-refractivity contribution < 1.29 is 75.4 Å². The van der Waals surface area contributed by atoms with Crippen molar-refractivity contribution in [3.8, 4) is 11.1 Å². The molecule has 6 rings (SSSR count). The standard InChI is InChI=1S/C21H25.C15H8F6.C13H21.2ClH.Zr/c1-20(2,3)16-9-7-14-11-15-8-10-17(21(4,5)6)13-19(15)18(14)12-16;16-14(17,18)12-5-1-10(2-6-12)9-11-3-7-13(8-4-11)15(19,20)21;1-5-6-7-11-8-9-12(10-11)13(2,3)4;;;/h7,9-10,12-13H,11H2,1-6H3;1-8H;8-10H,5-7H2,1-4H3;2*1H;/q-1;;-1;;;+2/p-2. The quantitative estimate of drug-likeness (QED) is 0.120. The molecule has 0 unspecified atom stereocenters. The Morgan fingerprint density at radius 3 is 1.47 bits per heavy atom. The molecule has 0 bridgehead atoms. The molecule has 0 amide bonds. The first-order valence-corrected chi connectivity index (χ1v) is 20.4. The van der Waals surface area contributed by atoms with Crippen LogP contribution in [0.1, 0.15) is 138 Å². The van der Waals surface area contributed by atoms with E-state index in [2.05, 4.69) is 124 Å². The first kappa shape index (κ1) is 51.3. The molecule has 0 spiro atoms. The predicted molar refractivity (Wildman–Crippen MR) is 216 cm³/mol. The molecule has 0 atom stereocenters. The Balaban J connectivity index is 0.000000305. The molecule has 0 aliphatic heterocycles. The summed E-state index contributed by atoms with van der Waals surface area (Å²) in [5, 5.41) is 0. The maximum absolute atomic E-state index is 12.5. The van der Waals surface area contributed by atoms with Gasteiger partial charge in [0.1, 0.15) is 0 Å². The van der Waals surface area contributed by atoms with Gasteiger partial charge in [0.15, 0.2) is 0 Å². The molecule has 0 N–H and O–H groups in total. The van der Waals surface area contributed by atoms with Crippen LogP contribution < -0.4 is 24.8 Å². The van der Waals surface area contributed by atoms with Crippen LogP contribution >= 0.6 is 0 Å². The van der Waals surface area contributed by atoms with E-state index in [1.807, 2.05) is 0 Å². The molecule has 0 fully saturated rings. The maximum atomic E-state index is 12.5. The predicted octanol–water partition coefficient (Wildman–Crippen LogP) is 8.55. The molecule has 0 saturated carbocycles. The molecule has 1 aliphatic carbocycles. The second-order valence-corrected chi connectivity index (χ2v) is 18.9. The van der Waals surface area contributed by atoms with Crippen LogP contribution in [0.4, 0.5) is 26.3 Å². The number of aryl methyl sites for hydroxylation is 1. The van der Waals surface area contributed by atoms with Crippen molar-refractivity contribution in [2.24, 2.45) is 0 Å². The van der Waals surface area contributed by atoms with Crippen LogP contribution in [0.2, 0.25) is 0 Å². The van der Waals surface area contributed by atoms with Crippen molar-refractivity contribution in [2.75, 3.05) is 0 Å². The average Bonchev–Trinajstić information content (AvgIpc) is 3.74. The molecule has 0 nitrogen and oxygen atoms in total. The Morgan fingerprint density at radius 2 is 1.05 bits per heavy atom. The van der Waals surface area contributed by atoms with Crippen LogP contribution in [0.15, 0.2) is 97.1 Å². The van der Waals surface area contributed by atoms with Gasteiger partial charge in [-0.1, -0.05) is 129 Å². The summed E-state index contributed by atoms with van der Waals surface area (Å²) in [6.07, 6.45) is -3.95. The number of alkyl halides is 6. The molecule has 312 valence electrons. The fourth-order valence-electron chi connectivity index (χ4n) is 6.30. The first-order chi connectivity index (χ1) is 25.8. The first-order valence-electron chi connectivity index (χ1n) is 19.2. The van der Waals surface area contributed by atoms with Gasteiger partial charge in [-0.2, -0.15) is 52.6 Å². The van der Waals surface area contributed by atoms with E-state index < -0.39 is 23.5 Å². The number of halogens is 8. The molecular weight excluding hydrogens is 865 g/mol. The number of hydrogen-bond acceptors (Lipinski definition) is 0. The third-order valence-electron chi connectivity index (χ3n) is 10.0. The van der Waals surface area contributed by atoms with Crippen molar-refractivity contribution >= 4 is 3.21 Å². The van der Waals surface area contributed by atoms with Crippen LogP contribution in [-0.2, 0) is 65.7 Å². The summed E-state index contributed by atoms with van der Waals surface area (Å²) in [5.41, 5.74) is 11.7. The second kappa shape index (κ2) is 20.1. The zero-order chi connectivity index (χ0) is 41.9. The van der Waals surface area contributed by atoms with Crippen LogP contribution in [0.5, 0.6) is 0 Å². The van der Waals surface area contributed by atoms with E-state index in [0.717, 1.165) is 54.9 Å². The van der Waals surface area contributed by atoms with Crippen LogP contribution in [0, 0.1) is 6.07 Å². The smallest absolute Gasteiger partial charge is 1.00 e. The normalized spacial score (nSPS) is 12.4. The largest absolute Gasteiger partial charge is 1.00 e. The van der Waals surface area contributed by atoms with E-state index in [1.165, 1.54) is 88.0 Å². The number of rotatable bonds is 5. The summed E-state index contributed by atoms with van der Waals surface area (Å²) < 4.78 is 75.6. The topological polar surface area (TPSA) is 0 Å². The molecular formula is C49H54Cl2F6Zr-2. The Hall–Kier alpha value is -2.86. The Bertz CT molecular complexity index is 1960. The Morgan fingerprint density at radius 1 is 0.603 bits per heavy atom. The van der Waals surface area contributed by atoms with Gasteiger partial charge in [0.2, 0.25) is 0 Å². The van der Waals surface area contributed by atoms with Gasteiger partial charge in [-0.3, -0.25) is 0 Å². The zero-order valence-corrected chi connectivity index (χ0v) is 39.1. The minimum Gasteiger partial charge on any atom is -1.00 e. The van der Waals surface area contributed by atoms with Crippen LogP contribution in [0.25, 0.3) is 11.1 Å². The third-order valence-corrected chi connectivity index (χ3v) is 11.5. The van der Waals surface area contributed by atoms with E-state index >= 15 is 0 Å². The van der Waals surface area contributed by atoms with Gasteiger partial charge in [0.25, 0.3) is 0 Å². The summed E-state index contributed by atoms with van der Waals surface area (Å²) in [5.74, 6) is 0. The van der Waals surface area contributed by atoms with Crippen molar-refractivity contribution in [3.05, 3.63) is 159 Å². The van der Waals surface area contributed by atoms with Gasteiger partial charge in [-0.25, -0.2) is 6.07 Å². The van der Waals surface area contributed by atoms with Gasteiger partial charge in [-0.05, 0) is 17.4 Å². The average molecular weight is 919 g/mol. The van der Waals surface area contributed by atoms with Gasteiger partial charge in [0.05, 0.1) is 0 Å². The monoisotopic (exact) mass is 916 g/mol. The van der Waals surface area contributed by atoms with Gasteiger partial charge in [0, 0.05) is 0 Å². The molecule has 0 aromatic heterocycles. The number of unbranched alkanes of at least 4 members (excludes halogenated alkanes) is 1. The molecule has 5 aromatic rings. The van der Waals surface area contributed by atoms with Gasteiger partial charge >= 0.3 is 137 Å². The maximum Gasteiger partial charge on any atom is -1.00 e. The third kappa shape index (κ3) is 13.8. The molecule has 58 heavy (non-hydrogen) atoms. The summed E-state index contributed by atoms with van der Waals surface area (Å²) >= 11 is 0.898. The van der Waals surface area contributed by atoms with Crippen LogP contribution in [0.3, 0.4) is 0 Å². The Kier molecular flexibility index (Phi) is 17.8. The number of fused-ring (bicyclic) bond motifs is 3. The summed E-state index contributed by atoms with van der Waals surface area (Å²) in [6.45, 7) is 22.7. The van der Waals surface area contributed by atoms with Crippen molar-refractivity contribution in [3.63, 3.8) is 0 Å². The van der Waals surface area contributed by atoms with Crippen LogP contribution in [-0.4, -0.2) is 3.21 Å². The number of benzene rings is 4. The zero-order valence-electron chi connectivity index (χ0n) is 35.1. The molecule has 0 saturated heterocycles. The molecule has 9 heteroatoms. The van der Waals surface area contributed by atoms with E-state index in [1.54, 1.807) is 0 Å². The van der Waals surface area contributed by atoms with Crippen molar-refractivity contribution in [1.82, 2.24) is 0 Å². The van der Waals surface area contributed by atoms with Crippen molar-refractivity contribution in [2.45, 2.75) is 124 Å². The van der Waals surface area contributed by atoms with E-state index in [0.29, 0.717) is 19.7 Å². The number of hydrogen-bond donors (Lipinski definition) is 0.